The summed E-state index contributed by atoms with van der Waals surface area (Å²) in [6.45, 7) is 0.335. The van der Waals surface area contributed by atoms with E-state index in [1.807, 2.05) is 24.3 Å². The molecule has 22 heavy (non-hydrogen) atoms. The number of nitrogens with zero attached hydrogens (tertiary/aromatic N) is 1. The lowest BCUT2D eigenvalue weighted by Gasteiger charge is -2.44. The molecule has 4 nitrogen and oxygen atoms in total. The lowest BCUT2D eigenvalue weighted by molar-refractivity contribution is -0.175. The van der Waals surface area contributed by atoms with Gasteiger partial charge in [0.05, 0.1) is 12.5 Å². The normalized spacial score (nSPS) is 23.4. The summed E-state index contributed by atoms with van der Waals surface area (Å²) >= 11 is 3.40. The second-order valence-electron chi connectivity index (χ2n) is 5.56. The largest absolute Gasteiger partial charge is 0.347 e. The van der Waals surface area contributed by atoms with Gasteiger partial charge in [-0.1, -0.05) is 28.1 Å². The van der Waals surface area contributed by atoms with Gasteiger partial charge in [-0.15, -0.1) is 0 Å². The summed E-state index contributed by atoms with van der Waals surface area (Å²) in [5.41, 5.74) is 0.181. The van der Waals surface area contributed by atoms with Gasteiger partial charge in [0.2, 0.25) is 5.91 Å². The summed E-state index contributed by atoms with van der Waals surface area (Å²) in [5.74, 6) is -0.277. The van der Waals surface area contributed by atoms with Crippen molar-refractivity contribution in [3.63, 3.8) is 0 Å². The predicted molar refractivity (Wildman–Crippen MR) is 86.1 cm³/mol. The van der Waals surface area contributed by atoms with Gasteiger partial charge in [-0.3, -0.25) is 9.59 Å². The van der Waals surface area contributed by atoms with E-state index < -0.39 is 5.72 Å². The number of amides is 1. The third kappa shape index (κ3) is 2.78. The monoisotopic (exact) mass is 361 g/mol. The topological polar surface area (TPSA) is 46.6 Å². The van der Waals surface area contributed by atoms with Crippen LogP contribution < -0.4 is 0 Å². The molecule has 0 aromatic heterocycles. The van der Waals surface area contributed by atoms with E-state index in [1.165, 1.54) is 12.2 Å². The number of rotatable bonds is 2. The zero-order valence-corrected chi connectivity index (χ0v) is 13.7. The van der Waals surface area contributed by atoms with Crippen LogP contribution in [0.3, 0.4) is 0 Å². The molecular formula is C17H16BrNO3. The molecule has 0 N–H and O–H groups in total. The first-order chi connectivity index (χ1) is 10.5. The molecule has 1 aliphatic carbocycles. The van der Waals surface area contributed by atoms with E-state index in [4.69, 9.17) is 4.74 Å². The molecule has 114 valence electrons. The van der Waals surface area contributed by atoms with Crippen LogP contribution in [0.15, 0.2) is 53.0 Å². The first kappa shape index (κ1) is 15.2. The van der Waals surface area contributed by atoms with Crippen LogP contribution in [-0.4, -0.2) is 36.0 Å². The average Bonchev–Trinajstić information content (AvgIpc) is 2.53. The number of benzene rings is 1. The molecular weight excluding hydrogens is 346 g/mol. The molecule has 2 aliphatic rings. The van der Waals surface area contributed by atoms with Crippen molar-refractivity contribution in [3.8, 4) is 0 Å². The zero-order chi connectivity index (χ0) is 15.7. The predicted octanol–water partition coefficient (Wildman–Crippen LogP) is 2.49. The van der Waals surface area contributed by atoms with E-state index in [0.29, 0.717) is 13.0 Å². The highest BCUT2D eigenvalue weighted by Gasteiger charge is 2.43. The van der Waals surface area contributed by atoms with Crippen LogP contribution in [0.4, 0.5) is 0 Å². The number of likely N-dealkylation sites (N-methyl/N-ethyl adjacent to an activating group) is 1. The Labute approximate surface area is 137 Å². The fraction of sp³-hybridized carbons (Fsp3) is 0.294. The number of carbonyl (C=O) groups excluding carboxylic acids is 2. The van der Waals surface area contributed by atoms with Gasteiger partial charge >= 0.3 is 0 Å². The minimum absolute atomic E-state index is 0.0258. The average molecular weight is 362 g/mol. The zero-order valence-electron chi connectivity index (χ0n) is 12.2. The van der Waals surface area contributed by atoms with Gasteiger partial charge in [0.15, 0.2) is 11.5 Å². The molecule has 1 aromatic rings. The molecule has 1 unspecified atom stereocenters. The molecule has 1 spiro atoms. The number of allylic oxidation sites excluding steroid dienone is 2. The molecule has 0 saturated carbocycles. The first-order valence-electron chi connectivity index (χ1n) is 7.09. The molecule has 1 aromatic carbocycles. The summed E-state index contributed by atoms with van der Waals surface area (Å²) < 4.78 is 6.93. The molecule has 5 heteroatoms. The van der Waals surface area contributed by atoms with Gasteiger partial charge in [-0.25, -0.2) is 0 Å². The number of halogens is 1. The fourth-order valence-electron chi connectivity index (χ4n) is 2.73. The number of hydrogen-bond donors (Lipinski definition) is 0. The van der Waals surface area contributed by atoms with Crippen molar-refractivity contribution in [2.45, 2.75) is 12.1 Å². The van der Waals surface area contributed by atoms with E-state index in [2.05, 4.69) is 15.9 Å². The van der Waals surface area contributed by atoms with Crippen molar-refractivity contribution in [2.75, 3.05) is 13.7 Å². The lowest BCUT2D eigenvalue weighted by Crippen LogP contribution is -2.57. The Morgan fingerprint density at radius 1 is 1.23 bits per heavy atom. The standard InChI is InChI=1S/C17H16BrNO3/c1-19-16(21)13(10-12-2-4-14(18)5-3-12)11-22-17(19)8-6-15(20)7-9-17/h2-9,13H,10-11H2,1H3. The van der Waals surface area contributed by atoms with Crippen molar-refractivity contribution in [1.29, 1.82) is 0 Å². The highest BCUT2D eigenvalue weighted by Crippen LogP contribution is 2.31. The maximum Gasteiger partial charge on any atom is 0.230 e. The van der Waals surface area contributed by atoms with Gasteiger partial charge in [-0.05, 0) is 48.4 Å². The second kappa shape index (κ2) is 5.82. The van der Waals surface area contributed by atoms with Crippen LogP contribution >= 0.6 is 15.9 Å². The van der Waals surface area contributed by atoms with Gasteiger partial charge in [0.25, 0.3) is 0 Å². The minimum Gasteiger partial charge on any atom is -0.347 e. The molecule has 0 radical (unpaired) electrons. The Balaban J connectivity index is 1.75. The smallest absolute Gasteiger partial charge is 0.230 e. The van der Waals surface area contributed by atoms with Crippen molar-refractivity contribution in [1.82, 2.24) is 4.90 Å². The van der Waals surface area contributed by atoms with Crippen LogP contribution in [0.25, 0.3) is 0 Å². The second-order valence-corrected chi connectivity index (χ2v) is 6.47. The van der Waals surface area contributed by atoms with Crippen LogP contribution in [0.1, 0.15) is 5.56 Å². The van der Waals surface area contributed by atoms with E-state index in [-0.39, 0.29) is 17.6 Å². The lowest BCUT2D eigenvalue weighted by atomic mass is 9.94. The Hall–Kier alpha value is -1.72. The van der Waals surface area contributed by atoms with Crippen molar-refractivity contribution in [3.05, 3.63) is 58.6 Å². The number of hydrogen-bond acceptors (Lipinski definition) is 3. The first-order valence-corrected chi connectivity index (χ1v) is 7.88. The molecule has 1 saturated heterocycles. The molecule has 1 fully saturated rings. The van der Waals surface area contributed by atoms with Gasteiger partial charge < -0.3 is 9.64 Å². The minimum atomic E-state index is -0.915. The van der Waals surface area contributed by atoms with E-state index in [9.17, 15) is 9.59 Å². The quantitative estimate of drug-likeness (QED) is 0.812. The number of carbonyl (C=O) groups is 2. The van der Waals surface area contributed by atoms with Gasteiger partial charge in [0.1, 0.15) is 0 Å². The van der Waals surface area contributed by atoms with Gasteiger partial charge in [-0.2, -0.15) is 0 Å². The number of ketones is 1. The summed E-state index contributed by atoms with van der Waals surface area (Å²) in [7, 11) is 1.71. The fourth-order valence-corrected chi connectivity index (χ4v) is 3.00. The maximum absolute atomic E-state index is 12.6. The molecule has 1 heterocycles. The highest BCUT2D eigenvalue weighted by molar-refractivity contribution is 9.10. The Morgan fingerprint density at radius 3 is 2.50 bits per heavy atom. The summed E-state index contributed by atoms with van der Waals surface area (Å²) in [4.78, 5) is 25.5. The van der Waals surface area contributed by atoms with Gasteiger partial charge in [0, 0.05) is 11.5 Å². The summed E-state index contributed by atoms with van der Waals surface area (Å²) in [6, 6.07) is 7.93. The molecule has 0 bridgehead atoms. The van der Waals surface area contributed by atoms with E-state index in [0.717, 1.165) is 10.0 Å². The van der Waals surface area contributed by atoms with Crippen LogP contribution in [0.5, 0.6) is 0 Å². The van der Waals surface area contributed by atoms with E-state index in [1.54, 1.807) is 24.1 Å². The number of ether oxygens (including phenoxy) is 1. The molecule has 1 aliphatic heterocycles. The Kier molecular flexibility index (Phi) is 4.02. The van der Waals surface area contributed by atoms with Crippen LogP contribution in [0.2, 0.25) is 0 Å². The highest BCUT2D eigenvalue weighted by atomic mass is 79.9. The SMILES string of the molecule is CN1C(=O)C(Cc2ccc(Br)cc2)COC12C=CC(=O)C=C2. The molecule has 1 atom stereocenters. The molecule has 1 amide bonds. The van der Waals surface area contributed by atoms with Crippen molar-refractivity contribution in [2.24, 2.45) is 5.92 Å². The maximum atomic E-state index is 12.6. The summed E-state index contributed by atoms with van der Waals surface area (Å²) in [6.07, 6.45) is 6.81. The molecule has 3 rings (SSSR count). The van der Waals surface area contributed by atoms with Crippen LogP contribution in [-0.2, 0) is 20.7 Å². The Morgan fingerprint density at radius 2 is 1.86 bits per heavy atom. The van der Waals surface area contributed by atoms with Crippen LogP contribution in [0, 0.1) is 5.92 Å². The Bertz CT molecular complexity index is 647. The third-order valence-electron chi connectivity index (χ3n) is 4.09. The summed E-state index contributed by atoms with van der Waals surface area (Å²) in [5, 5.41) is 0. The van der Waals surface area contributed by atoms with Crippen molar-refractivity contribution >= 4 is 27.6 Å². The third-order valence-corrected chi connectivity index (χ3v) is 4.62. The van der Waals surface area contributed by atoms with Crippen molar-refractivity contribution < 1.29 is 14.3 Å². The van der Waals surface area contributed by atoms with E-state index >= 15 is 0 Å².